The number of rotatable bonds is 7. The molecule has 0 bridgehead atoms. The zero-order chi connectivity index (χ0) is 15.3. The van der Waals surface area contributed by atoms with Gasteiger partial charge >= 0.3 is 0 Å². The van der Waals surface area contributed by atoms with Gasteiger partial charge in [-0.05, 0) is 39.1 Å². The normalized spacial score (nSPS) is 15.6. The van der Waals surface area contributed by atoms with Crippen LogP contribution in [0.3, 0.4) is 0 Å². The van der Waals surface area contributed by atoms with Gasteiger partial charge in [-0.15, -0.1) is 0 Å². The number of carbonyl (C=O) groups is 2. The molecule has 1 saturated carbocycles. The van der Waals surface area contributed by atoms with Crippen LogP contribution in [0.15, 0.2) is 24.4 Å². The fraction of sp³-hybridized carbons (Fsp3) is 0.533. The maximum atomic E-state index is 12.2. The number of hydrogen-bond acceptors (Lipinski definition) is 4. The van der Waals surface area contributed by atoms with E-state index in [9.17, 15) is 9.59 Å². The minimum absolute atomic E-state index is 0.164. The molecule has 21 heavy (non-hydrogen) atoms. The van der Waals surface area contributed by atoms with Crippen LogP contribution in [0, 0.1) is 5.41 Å². The van der Waals surface area contributed by atoms with Crippen molar-refractivity contribution in [1.82, 2.24) is 20.5 Å². The van der Waals surface area contributed by atoms with E-state index in [0.29, 0.717) is 25.9 Å². The van der Waals surface area contributed by atoms with E-state index in [1.54, 1.807) is 6.20 Å². The lowest BCUT2D eigenvalue weighted by Gasteiger charge is -2.16. The average molecular weight is 290 g/mol. The van der Waals surface area contributed by atoms with Crippen molar-refractivity contribution >= 4 is 11.8 Å². The fourth-order valence-corrected chi connectivity index (χ4v) is 2.09. The number of aromatic nitrogens is 1. The van der Waals surface area contributed by atoms with Gasteiger partial charge in [-0.2, -0.15) is 0 Å². The van der Waals surface area contributed by atoms with E-state index in [-0.39, 0.29) is 11.8 Å². The van der Waals surface area contributed by atoms with Crippen LogP contribution in [0.1, 0.15) is 18.5 Å². The summed E-state index contributed by atoms with van der Waals surface area (Å²) >= 11 is 0. The second-order valence-electron chi connectivity index (χ2n) is 5.65. The minimum atomic E-state index is -0.860. The first-order chi connectivity index (χ1) is 10.0. The summed E-state index contributed by atoms with van der Waals surface area (Å²) in [5.74, 6) is -0.363. The highest BCUT2D eigenvalue weighted by Crippen LogP contribution is 2.46. The second-order valence-corrected chi connectivity index (χ2v) is 5.65. The molecule has 114 valence electrons. The van der Waals surface area contributed by atoms with E-state index in [1.807, 2.05) is 37.2 Å². The monoisotopic (exact) mass is 290 g/mol. The van der Waals surface area contributed by atoms with Crippen LogP contribution in [-0.2, 0) is 16.1 Å². The van der Waals surface area contributed by atoms with E-state index < -0.39 is 5.41 Å². The van der Waals surface area contributed by atoms with E-state index in [0.717, 1.165) is 12.2 Å². The van der Waals surface area contributed by atoms with Gasteiger partial charge in [0, 0.05) is 19.3 Å². The van der Waals surface area contributed by atoms with Crippen molar-refractivity contribution in [2.45, 2.75) is 19.4 Å². The Morgan fingerprint density at radius 3 is 2.52 bits per heavy atom. The summed E-state index contributed by atoms with van der Waals surface area (Å²) in [5, 5.41) is 5.65. The highest BCUT2D eigenvalue weighted by atomic mass is 16.2. The summed E-state index contributed by atoms with van der Waals surface area (Å²) in [5.41, 5.74) is -0.0733. The van der Waals surface area contributed by atoms with Crippen LogP contribution >= 0.6 is 0 Å². The number of hydrogen-bond donors (Lipinski definition) is 2. The van der Waals surface area contributed by atoms with Crippen LogP contribution < -0.4 is 10.6 Å². The van der Waals surface area contributed by atoms with Gasteiger partial charge in [-0.3, -0.25) is 14.6 Å². The van der Waals surface area contributed by atoms with Crippen molar-refractivity contribution in [3.05, 3.63) is 30.1 Å². The first kappa shape index (κ1) is 15.4. The third-order valence-electron chi connectivity index (χ3n) is 3.62. The van der Waals surface area contributed by atoms with Crippen molar-refractivity contribution in [2.24, 2.45) is 5.41 Å². The number of likely N-dealkylation sites (N-methyl/N-ethyl adjacent to an activating group) is 1. The summed E-state index contributed by atoms with van der Waals surface area (Å²) in [4.78, 5) is 30.5. The molecule has 0 saturated heterocycles. The molecule has 2 N–H and O–H groups in total. The Bertz CT molecular complexity index is 498. The Labute approximate surface area is 124 Å². The molecule has 2 rings (SSSR count). The third kappa shape index (κ3) is 4.01. The van der Waals surface area contributed by atoms with E-state index >= 15 is 0 Å². The molecule has 1 heterocycles. The summed E-state index contributed by atoms with van der Waals surface area (Å²) in [6, 6.07) is 5.54. The first-order valence-electron chi connectivity index (χ1n) is 7.16. The molecule has 6 nitrogen and oxygen atoms in total. The highest BCUT2D eigenvalue weighted by molar-refractivity contribution is 6.07. The van der Waals surface area contributed by atoms with Gasteiger partial charge in [0.05, 0.1) is 12.2 Å². The molecule has 1 aliphatic carbocycles. The van der Waals surface area contributed by atoms with Crippen LogP contribution in [0.2, 0.25) is 0 Å². The standard InChI is InChI=1S/C15H22N4O2/c1-19(2)10-9-17-13(20)15(6-7-15)14(21)18-11-12-5-3-4-8-16-12/h3-5,8H,6-7,9-11H2,1-2H3,(H,17,20)(H,18,21). The Balaban J connectivity index is 1.82. The van der Waals surface area contributed by atoms with E-state index in [4.69, 9.17) is 0 Å². The first-order valence-corrected chi connectivity index (χ1v) is 7.16. The molecule has 0 aliphatic heterocycles. The molecule has 1 aromatic rings. The molecule has 1 fully saturated rings. The lowest BCUT2D eigenvalue weighted by Crippen LogP contribution is -2.44. The van der Waals surface area contributed by atoms with Crippen molar-refractivity contribution in [3.63, 3.8) is 0 Å². The maximum Gasteiger partial charge on any atom is 0.236 e. The van der Waals surface area contributed by atoms with Gasteiger partial charge in [0.1, 0.15) is 5.41 Å². The lowest BCUT2D eigenvalue weighted by molar-refractivity contribution is -0.137. The van der Waals surface area contributed by atoms with Crippen LogP contribution in [-0.4, -0.2) is 48.9 Å². The Kier molecular flexibility index (Phi) is 4.90. The van der Waals surface area contributed by atoms with Crippen molar-refractivity contribution < 1.29 is 9.59 Å². The molecule has 0 spiro atoms. The molecule has 6 heteroatoms. The smallest absolute Gasteiger partial charge is 0.236 e. The summed E-state index contributed by atoms with van der Waals surface area (Å²) in [6.07, 6.45) is 2.92. The molecule has 1 aliphatic rings. The van der Waals surface area contributed by atoms with Crippen LogP contribution in [0.4, 0.5) is 0 Å². The molecule has 1 aromatic heterocycles. The quantitative estimate of drug-likeness (QED) is 0.701. The van der Waals surface area contributed by atoms with Crippen molar-refractivity contribution in [2.75, 3.05) is 27.2 Å². The zero-order valence-electron chi connectivity index (χ0n) is 12.6. The van der Waals surface area contributed by atoms with Gasteiger partial charge in [-0.1, -0.05) is 6.07 Å². The minimum Gasteiger partial charge on any atom is -0.354 e. The van der Waals surface area contributed by atoms with Crippen LogP contribution in [0.25, 0.3) is 0 Å². The molecule has 0 atom stereocenters. The molecule has 0 unspecified atom stereocenters. The van der Waals surface area contributed by atoms with Gasteiger partial charge in [-0.25, -0.2) is 0 Å². The Hall–Kier alpha value is -1.95. The zero-order valence-corrected chi connectivity index (χ0v) is 12.6. The molecule has 2 amide bonds. The van der Waals surface area contributed by atoms with Gasteiger partial charge in [0.25, 0.3) is 0 Å². The third-order valence-corrected chi connectivity index (χ3v) is 3.62. The number of nitrogens with one attached hydrogen (secondary N) is 2. The van der Waals surface area contributed by atoms with Crippen molar-refractivity contribution in [3.8, 4) is 0 Å². The predicted molar refractivity (Wildman–Crippen MR) is 79.3 cm³/mol. The van der Waals surface area contributed by atoms with Gasteiger partial charge in [0.15, 0.2) is 0 Å². The van der Waals surface area contributed by atoms with E-state index in [1.165, 1.54) is 0 Å². The van der Waals surface area contributed by atoms with Gasteiger partial charge < -0.3 is 15.5 Å². The number of pyridine rings is 1. The summed E-state index contributed by atoms with van der Waals surface area (Å²) in [7, 11) is 3.89. The SMILES string of the molecule is CN(C)CCNC(=O)C1(C(=O)NCc2ccccn2)CC1. The molecule has 0 aromatic carbocycles. The van der Waals surface area contributed by atoms with E-state index in [2.05, 4.69) is 15.6 Å². The number of nitrogens with zero attached hydrogens (tertiary/aromatic N) is 2. The highest BCUT2D eigenvalue weighted by Gasteiger charge is 2.56. The Morgan fingerprint density at radius 1 is 1.24 bits per heavy atom. The maximum absolute atomic E-state index is 12.2. The lowest BCUT2D eigenvalue weighted by atomic mass is 10.1. The Morgan fingerprint density at radius 2 is 1.95 bits per heavy atom. The predicted octanol–water partition coefficient (Wildman–Crippen LogP) is 0.156. The molecular weight excluding hydrogens is 268 g/mol. The molecule has 0 radical (unpaired) electrons. The average Bonchev–Trinajstić information content (AvgIpc) is 3.27. The van der Waals surface area contributed by atoms with Gasteiger partial charge in [0.2, 0.25) is 11.8 Å². The fourth-order valence-electron chi connectivity index (χ4n) is 2.09. The number of amides is 2. The van der Waals surface area contributed by atoms with Crippen LogP contribution in [0.5, 0.6) is 0 Å². The van der Waals surface area contributed by atoms with Crippen molar-refractivity contribution in [1.29, 1.82) is 0 Å². The summed E-state index contributed by atoms with van der Waals surface area (Å²) < 4.78 is 0. The number of carbonyl (C=O) groups excluding carboxylic acids is 2. The largest absolute Gasteiger partial charge is 0.354 e. The molecular formula is C15H22N4O2. The summed E-state index contributed by atoms with van der Waals surface area (Å²) in [6.45, 7) is 1.67. The second kappa shape index (κ2) is 6.67. The topological polar surface area (TPSA) is 74.3 Å².